The van der Waals surface area contributed by atoms with Gasteiger partial charge in [0.25, 0.3) is 0 Å². The molecule has 4 fully saturated rings. The SMILES string of the molecule is CCOC(=O)C12CC(CN)(C1)OC21CCC1. The molecule has 4 heteroatoms. The minimum atomic E-state index is -0.360. The Kier molecular flexibility index (Phi) is 1.97. The van der Waals surface area contributed by atoms with Gasteiger partial charge < -0.3 is 15.2 Å². The van der Waals surface area contributed by atoms with E-state index >= 15 is 0 Å². The third-order valence-corrected chi connectivity index (χ3v) is 4.73. The minimum Gasteiger partial charge on any atom is -0.465 e. The summed E-state index contributed by atoms with van der Waals surface area (Å²) in [5, 5.41) is 0. The Morgan fingerprint density at radius 2 is 2.12 bits per heavy atom. The lowest BCUT2D eigenvalue weighted by Gasteiger charge is -2.48. The largest absolute Gasteiger partial charge is 0.465 e. The summed E-state index contributed by atoms with van der Waals surface area (Å²) in [5.41, 5.74) is 4.96. The van der Waals surface area contributed by atoms with Crippen LogP contribution in [0.5, 0.6) is 0 Å². The maximum Gasteiger partial charge on any atom is 0.315 e. The van der Waals surface area contributed by atoms with Crippen molar-refractivity contribution < 1.29 is 14.3 Å². The topological polar surface area (TPSA) is 61.5 Å². The van der Waals surface area contributed by atoms with Crippen LogP contribution >= 0.6 is 0 Å². The van der Waals surface area contributed by atoms with Gasteiger partial charge in [0.15, 0.2) is 0 Å². The Balaban J connectivity index is 1.88. The number of nitrogens with two attached hydrogens (primary N) is 1. The molecule has 2 aliphatic heterocycles. The van der Waals surface area contributed by atoms with Crippen molar-refractivity contribution in [2.75, 3.05) is 13.2 Å². The highest BCUT2D eigenvalue weighted by molar-refractivity contribution is 5.82. The first-order valence-corrected chi connectivity index (χ1v) is 6.20. The van der Waals surface area contributed by atoms with Crippen molar-refractivity contribution in [2.24, 2.45) is 11.1 Å². The average molecular weight is 225 g/mol. The predicted molar refractivity (Wildman–Crippen MR) is 57.8 cm³/mol. The molecule has 2 saturated carbocycles. The molecule has 0 aromatic carbocycles. The van der Waals surface area contributed by atoms with Gasteiger partial charge in [-0.05, 0) is 39.0 Å². The van der Waals surface area contributed by atoms with Crippen LogP contribution in [0.2, 0.25) is 0 Å². The molecule has 2 saturated heterocycles. The molecular formula is C12H19NO3. The molecule has 0 aromatic rings. The Hall–Kier alpha value is -0.610. The molecule has 1 spiro atoms. The quantitative estimate of drug-likeness (QED) is 0.727. The molecule has 0 radical (unpaired) electrons. The normalized spacial score (nSPS) is 42.6. The van der Waals surface area contributed by atoms with Gasteiger partial charge in [-0.15, -0.1) is 0 Å². The lowest BCUT2D eigenvalue weighted by molar-refractivity contribution is -0.170. The van der Waals surface area contributed by atoms with Crippen molar-refractivity contribution in [2.45, 2.75) is 50.2 Å². The highest BCUT2D eigenvalue weighted by atomic mass is 16.6. The van der Waals surface area contributed by atoms with Crippen LogP contribution < -0.4 is 5.73 Å². The van der Waals surface area contributed by atoms with Gasteiger partial charge in [0.1, 0.15) is 5.41 Å². The van der Waals surface area contributed by atoms with Crippen LogP contribution in [0.15, 0.2) is 0 Å². The van der Waals surface area contributed by atoms with Crippen LogP contribution in [0, 0.1) is 5.41 Å². The van der Waals surface area contributed by atoms with Gasteiger partial charge in [-0.25, -0.2) is 0 Å². The second-order valence-electron chi connectivity index (χ2n) is 5.49. The molecule has 2 aliphatic carbocycles. The first-order valence-electron chi connectivity index (χ1n) is 6.20. The monoisotopic (exact) mass is 225 g/mol. The van der Waals surface area contributed by atoms with Crippen molar-refractivity contribution in [1.82, 2.24) is 0 Å². The second-order valence-corrected chi connectivity index (χ2v) is 5.49. The molecule has 4 aliphatic rings. The van der Waals surface area contributed by atoms with E-state index in [4.69, 9.17) is 15.2 Å². The summed E-state index contributed by atoms with van der Waals surface area (Å²) in [4.78, 5) is 12.1. The average Bonchev–Trinajstić information content (AvgIpc) is 2.63. The van der Waals surface area contributed by atoms with Gasteiger partial charge in [0.2, 0.25) is 0 Å². The first-order chi connectivity index (χ1) is 7.62. The van der Waals surface area contributed by atoms with Crippen molar-refractivity contribution in [1.29, 1.82) is 0 Å². The molecular weight excluding hydrogens is 206 g/mol. The third-order valence-electron chi connectivity index (χ3n) is 4.73. The van der Waals surface area contributed by atoms with Gasteiger partial charge in [0.05, 0.1) is 17.8 Å². The molecule has 2 N–H and O–H groups in total. The number of hydrogen-bond donors (Lipinski definition) is 1. The van der Waals surface area contributed by atoms with Crippen LogP contribution in [0.25, 0.3) is 0 Å². The molecule has 2 heterocycles. The van der Waals surface area contributed by atoms with Gasteiger partial charge in [-0.1, -0.05) is 0 Å². The molecule has 4 rings (SSSR count). The molecule has 0 aromatic heterocycles. The Labute approximate surface area is 95.5 Å². The summed E-state index contributed by atoms with van der Waals surface area (Å²) in [6.45, 7) is 2.83. The lowest BCUT2D eigenvalue weighted by Crippen LogP contribution is -2.58. The molecule has 2 bridgehead atoms. The van der Waals surface area contributed by atoms with Crippen LogP contribution in [0.1, 0.15) is 39.0 Å². The van der Waals surface area contributed by atoms with Crippen molar-refractivity contribution in [3.8, 4) is 0 Å². The standard InChI is InChI=1S/C12H19NO3/c1-2-15-9(14)11-6-10(7-11,8-13)16-12(11)4-3-5-12/h2-8,13H2,1H3. The van der Waals surface area contributed by atoms with Gasteiger partial charge >= 0.3 is 5.97 Å². The highest BCUT2D eigenvalue weighted by Crippen LogP contribution is 2.72. The molecule has 0 amide bonds. The number of esters is 1. The fraction of sp³-hybridized carbons (Fsp3) is 0.917. The number of ether oxygens (including phenoxy) is 2. The van der Waals surface area contributed by atoms with E-state index in [1.807, 2.05) is 6.92 Å². The first kappa shape index (κ1) is 10.5. The maximum absolute atomic E-state index is 12.1. The predicted octanol–water partition coefficient (Wildman–Crippen LogP) is 0.980. The van der Waals surface area contributed by atoms with E-state index in [-0.39, 0.29) is 22.6 Å². The van der Waals surface area contributed by atoms with Gasteiger partial charge in [-0.2, -0.15) is 0 Å². The summed E-state index contributed by atoms with van der Waals surface area (Å²) in [5.74, 6) is -0.0590. The highest BCUT2D eigenvalue weighted by Gasteiger charge is 2.79. The summed E-state index contributed by atoms with van der Waals surface area (Å²) in [6, 6.07) is 0. The number of rotatable bonds is 3. The van der Waals surface area contributed by atoms with Crippen LogP contribution in [0.4, 0.5) is 0 Å². The molecule has 90 valence electrons. The summed E-state index contributed by atoms with van der Waals surface area (Å²) >= 11 is 0. The van der Waals surface area contributed by atoms with E-state index in [0.717, 1.165) is 32.1 Å². The van der Waals surface area contributed by atoms with Crippen molar-refractivity contribution in [3.05, 3.63) is 0 Å². The van der Waals surface area contributed by atoms with Gasteiger partial charge in [-0.3, -0.25) is 4.79 Å². The van der Waals surface area contributed by atoms with E-state index in [0.29, 0.717) is 13.2 Å². The Bertz CT molecular complexity index is 329. The lowest BCUT2D eigenvalue weighted by atomic mass is 9.51. The maximum atomic E-state index is 12.1. The molecule has 0 atom stereocenters. The van der Waals surface area contributed by atoms with Crippen LogP contribution in [-0.2, 0) is 14.3 Å². The summed E-state index contributed by atoms with van der Waals surface area (Å²) in [7, 11) is 0. The van der Waals surface area contributed by atoms with E-state index in [1.165, 1.54) is 0 Å². The summed E-state index contributed by atoms with van der Waals surface area (Å²) in [6.07, 6.45) is 4.69. The number of hydrogen-bond acceptors (Lipinski definition) is 4. The van der Waals surface area contributed by atoms with E-state index in [9.17, 15) is 4.79 Å². The zero-order chi connectivity index (χ0) is 11.4. The van der Waals surface area contributed by atoms with E-state index in [2.05, 4.69) is 0 Å². The molecule has 0 unspecified atom stereocenters. The fourth-order valence-corrected chi connectivity index (χ4v) is 3.82. The smallest absolute Gasteiger partial charge is 0.315 e. The third kappa shape index (κ3) is 0.955. The fourth-order valence-electron chi connectivity index (χ4n) is 3.82. The summed E-state index contributed by atoms with van der Waals surface area (Å²) < 4.78 is 11.4. The van der Waals surface area contributed by atoms with Crippen molar-refractivity contribution in [3.63, 3.8) is 0 Å². The number of carbonyl (C=O) groups is 1. The molecule has 16 heavy (non-hydrogen) atoms. The molecule has 4 nitrogen and oxygen atoms in total. The van der Waals surface area contributed by atoms with Crippen LogP contribution in [0.3, 0.4) is 0 Å². The van der Waals surface area contributed by atoms with Crippen molar-refractivity contribution >= 4 is 5.97 Å². The second kappa shape index (κ2) is 2.99. The number of carbonyl (C=O) groups excluding carboxylic acids is 1. The van der Waals surface area contributed by atoms with Crippen LogP contribution in [-0.4, -0.2) is 30.3 Å². The van der Waals surface area contributed by atoms with Gasteiger partial charge in [0, 0.05) is 6.54 Å². The zero-order valence-corrected chi connectivity index (χ0v) is 9.75. The Morgan fingerprint density at radius 3 is 2.56 bits per heavy atom. The zero-order valence-electron chi connectivity index (χ0n) is 9.75. The minimum absolute atomic E-state index is 0.0590. The van der Waals surface area contributed by atoms with E-state index < -0.39 is 0 Å². The Morgan fingerprint density at radius 1 is 1.44 bits per heavy atom. The van der Waals surface area contributed by atoms with E-state index in [1.54, 1.807) is 0 Å².